The van der Waals surface area contributed by atoms with Crippen molar-refractivity contribution in [2.24, 2.45) is 0 Å². The SMILES string of the molecule is COc1c(O)c(-c2ccccc2)cc(O)c1-c1ccccc1O. The summed E-state index contributed by atoms with van der Waals surface area (Å²) < 4.78 is 5.31. The number of benzene rings is 3. The Labute approximate surface area is 133 Å². The van der Waals surface area contributed by atoms with E-state index >= 15 is 0 Å². The predicted octanol–water partition coefficient (Wildman–Crippen LogP) is 4.15. The van der Waals surface area contributed by atoms with Crippen molar-refractivity contribution < 1.29 is 20.1 Å². The van der Waals surface area contributed by atoms with E-state index in [1.165, 1.54) is 19.2 Å². The molecule has 0 saturated carbocycles. The zero-order valence-electron chi connectivity index (χ0n) is 12.5. The van der Waals surface area contributed by atoms with Crippen LogP contribution in [0.2, 0.25) is 0 Å². The molecule has 23 heavy (non-hydrogen) atoms. The molecule has 0 bridgehead atoms. The molecule has 3 N–H and O–H groups in total. The maximum atomic E-state index is 10.6. The molecule has 0 atom stereocenters. The minimum absolute atomic E-state index is 0.00652. The first-order valence-electron chi connectivity index (χ1n) is 7.10. The van der Waals surface area contributed by atoms with E-state index in [1.807, 2.05) is 30.3 Å². The zero-order valence-corrected chi connectivity index (χ0v) is 12.5. The third-order valence-electron chi connectivity index (χ3n) is 3.70. The molecule has 116 valence electrons. The molecule has 0 aromatic heterocycles. The number of ether oxygens (including phenoxy) is 1. The number of aromatic hydroxyl groups is 3. The Morgan fingerprint density at radius 1 is 0.739 bits per heavy atom. The molecule has 0 radical (unpaired) electrons. The van der Waals surface area contributed by atoms with E-state index in [9.17, 15) is 15.3 Å². The Kier molecular flexibility index (Phi) is 3.81. The normalized spacial score (nSPS) is 10.5. The second kappa shape index (κ2) is 5.93. The van der Waals surface area contributed by atoms with Gasteiger partial charge < -0.3 is 20.1 Å². The standard InChI is InChI=1S/C19H16O4/c1-23-19-17(13-9-5-6-10-15(13)20)16(21)11-14(18(19)22)12-7-3-2-4-8-12/h2-11,20-22H,1H3. The Morgan fingerprint density at radius 2 is 1.39 bits per heavy atom. The molecule has 0 amide bonds. The average molecular weight is 308 g/mol. The molecule has 0 aliphatic rings. The largest absolute Gasteiger partial charge is 0.507 e. The molecular weight excluding hydrogens is 292 g/mol. The van der Waals surface area contributed by atoms with E-state index < -0.39 is 0 Å². The summed E-state index contributed by atoms with van der Waals surface area (Å²) in [6.07, 6.45) is 0. The van der Waals surface area contributed by atoms with Crippen molar-refractivity contribution in [1.82, 2.24) is 0 Å². The van der Waals surface area contributed by atoms with Gasteiger partial charge in [0.15, 0.2) is 11.5 Å². The molecule has 4 nitrogen and oxygen atoms in total. The molecule has 0 saturated heterocycles. The number of para-hydroxylation sites is 1. The highest BCUT2D eigenvalue weighted by Gasteiger charge is 2.22. The Balaban J connectivity index is 2.28. The predicted molar refractivity (Wildman–Crippen MR) is 88.9 cm³/mol. The summed E-state index contributed by atoms with van der Waals surface area (Å²) in [4.78, 5) is 0. The van der Waals surface area contributed by atoms with Gasteiger partial charge in [-0.3, -0.25) is 0 Å². The molecule has 0 aliphatic heterocycles. The fraction of sp³-hybridized carbons (Fsp3) is 0.0526. The highest BCUT2D eigenvalue weighted by atomic mass is 16.5. The molecule has 0 fully saturated rings. The van der Waals surface area contributed by atoms with Crippen LogP contribution in [-0.4, -0.2) is 22.4 Å². The van der Waals surface area contributed by atoms with Crippen molar-refractivity contribution in [1.29, 1.82) is 0 Å². The highest BCUT2D eigenvalue weighted by molar-refractivity contribution is 5.89. The van der Waals surface area contributed by atoms with Crippen molar-refractivity contribution in [2.75, 3.05) is 7.11 Å². The van der Waals surface area contributed by atoms with Gasteiger partial charge in [0.2, 0.25) is 0 Å². The first-order valence-corrected chi connectivity index (χ1v) is 7.10. The fourth-order valence-electron chi connectivity index (χ4n) is 2.62. The van der Waals surface area contributed by atoms with Crippen molar-refractivity contribution in [3.8, 4) is 45.3 Å². The topological polar surface area (TPSA) is 69.9 Å². The second-order valence-electron chi connectivity index (χ2n) is 5.08. The van der Waals surface area contributed by atoms with Gasteiger partial charge in [0.1, 0.15) is 11.5 Å². The van der Waals surface area contributed by atoms with E-state index in [1.54, 1.807) is 18.2 Å². The summed E-state index contributed by atoms with van der Waals surface area (Å²) in [7, 11) is 1.41. The number of phenolic OH excluding ortho intramolecular Hbond substituents is 3. The summed E-state index contributed by atoms with van der Waals surface area (Å²) in [5.74, 6) is -0.0620. The van der Waals surface area contributed by atoms with Gasteiger partial charge in [-0.05, 0) is 17.7 Å². The zero-order chi connectivity index (χ0) is 16.4. The quantitative estimate of drug-likeness (QED) is 0.636. The van der Waals surface area contributed by atoms with Crippen LogP contribution in [0.25, 0.3) is 22.3 Å². The summed E-state index contributed by atoms with van der Waals surface area (Å²) in [5.41, 5.74) is 1.85. The van der Waals surface area contributed by atoms with Crippen LogP contribution in [0.4, 0.5) is 0 Å². The third-order valence-corrected chi connectivity index (χ3v) is 3.70. The number of hydrogen-bond donors (Lipinski definition) is 3. The molecule has 3 aromatic carbocycles. The molecule has 0 spiro atoms. The van der Waals surface area contributed by atoms with E-state index in [-0.39, 0.29) is 28.6 Å². The van der Waals surface area contributed by atoms with E-state index in [0.717, 1.165) is 5.56 Å². The lowest BCUT2D eigenvalue weighted by Gasteiger charge is -2.16. The Hall–Kier alpha value is -3.14. The second-order valence-corrected chi connectivity index (χ2v) is 5.08. The van der Waals surface area contributed by atoms with Crippen molar-refractivity contribution in [2.45, 2.75) is 0 Å². The van der Waals surface area contributed by atoms with E-state index in [4.69, 9.17) is 4.74 Å². The number of rotatable bonds is 3. The van der Waals surface area contributed by atoms with Gasteiger partial charge in [0, 0.05) is 11.1 Å². The van der Waals surface area contributed by atoms with Crippen LogP contribution < -0.4 is 4.74 Å². The van der Waals surface area contributed by atoms with Crippen molar-refractivity contribution in [3.05, 3.63) is 60.7 Å². The molecule has 3 aromatic rings. The molecule has 0 aliphatic carbocycles. The van der Waals surface area contributed by atoms with Gasteiger partial charge >= 0.3 is 0 Å². The molecule has 4 heteroatoms. The molecular formula is C19H16O4. The van der Waals surface area contributed by atoms with E-state index in [0.29, 0.717) is 11.1 Å². The third kappa shape index (κ3) is 2.55. The summed E-state index contributed by atoms with van der Waals surface area (Å²) in [6, 6.07) is 17.2. The minimum atomic E-state index is -0.0882. The van der Waals surface area contributed by atoms with Crippen LogP contribution >= 0.6 is 0 Å². The minimum Gasteiger partial charge on any atom is -0.507 e. The van der Waals surface area contributed by atoms with Gasteiger partial charge in [0.05, 0.1) is 12.7 Å². The molecule has 0 unspecified atom stereocenters. The van der Waals surface area contributed by atoms with Crippen molar-refractivity contribution >= 4 is 0 Å². The van der Waals surface area contributed by atoms with Crippen LogP contribution in [0.5, 0.6) is 23.0 Å². The molecule has 3 rings (SSSR count). The summed E-state index contributed by atoms with van der Waals surface area (Å²) in [5, 5.41) is 31.1. The monoisotopic (exact) mass is 308 g/mol. The number of methoxy groups -OCH3 is 1. The lowest BCUT2D eigenvalue weighted by Crippen LogP contribution is -1.92. The first-order chi connectivity index (χ1) is 11.1. The lowest BCUT2D eigenvalue weighted by molar-refractivity contribution is 0.371. The van der Waals surface area contributed by atoms with Crippen LogP contribution in [0.3, 0.4) is 0 Å². The Morgan fingerprint density at radius 3 is 2.04 bits per heavy atom. The number of hydrogen-bond acceptors (Lipinski definition) is 4. The lowest BCUT2D eigenvalue weighted by atomic mass is 9.96. The first kappa shape index (κ1) is 14.8. The number of phenols is 3. The summed E-state index contributed by atoms with van der Waals surface area (Å²) in [6.45, 7) is 0. The van der Waals surface area contributed by atoms with E-state index in [2.05, 4.69) is 0 Å². The fourth-order valence-corrected chi connectivity index (χ4v) is 2.62. The van der Waals surface area contributed by atoms with Crippen LogP contribution in [0.15, 0.2) is 60.7 Å². The average Bonchev–Trinajstić information content (AvgIpc) is 2.58. The van der Waals surface area contributed by atoms with Gasteiger partial charge in [-0.15, -0.1) is 0 Å². The van der Waals surface area contributed by atoms with Gasteiger partial charge in [0.25, 0.3) is 0 Å². The van der Waals surface area contributed by atoms with Gasteiger partial charge in [-0.1, -0.05) is 48.5 Å². The Bertz CT molecular complexity index is 841. The highest BCUT2D eigenvalue weighted by Crippen LogP contribution is 2.50. The molecule has 0 heterocycles. The van der Waals surface area contributed by atoms with Gasteiger partial charge in [-0.2, -0.15) is 0 Å². The smallest absolute Gasteiger partial charge is 0.172 e. The summed E-state index contributed by atoms with van der Waals surface area (Å²) >= 11 is 0. The maximum Gasteiger partial charge on any atom is 0.172 e. The van der Waals surface area contributed by atoms with Crippen LogP contribution in [0, 0.1) is 0 Å². The van der Waals surface area contributed by atoms with Crippen molar-refractivity contribution in [3.63, 3.8) is 0 Å². The maximum absolute atomic E-state index is 10.6. The van der Waals surface area contributed by atoms with Crippen LogP contribution in [-0.2, 0) is 0 Å². The van der Waals surface area contributed by atoms with Crippen LogP contribution in [0.1, 0.15) is 0 Å². The van der Waals surface area contributed by atoms with Gasteiger partial charge in [-0.25, -0.2) is 0 Å².